The van der Waals surface area contributed by atoms with E-state index in [4.69, 9.17) is 18.0 Å². The number of carbonyl (C=O) groups excluding carboxylic acids is 1. The molecule has 0 aliphatic carbocycles. The summed E-state index contributed by atoms with van der Waals surface area (Å²) in [6, 6.07) is 16.6. The molecule has 0 saturated carbocycles. The molecule has 1 amide bonds. The van der Waals surface area contributed by atoms with Crippen molar-refractivity contribution in [3.05, 3.63) is 71.8 Å². The number of rotatable bonds is 6. The lowest BCUT2D eigenvalue weighted by Crippen LogP contribution is -2.22. The van der Waals surface area contributed by atoms with E-state index in [2.05, 4.69) is 0 Å². The monoisotopic (exact) mass is 290 g/mol. The Hall–Kier alpha value is -1.84. The van der Waals surface area contributed by atoms with Crippen LogP contribution in [0.3, 0.4) is 0 Å². The second-order valence-corrected chi connectivity index (χ2v) is 4.57. The van der Waals surface area contributed by atoms with E-state index in [0.717, 1.165) is 23.0 Å². The number of hydrogen-bond donors (Lipinski definition) is 0. The van der Waals surface area contributed by atoms with Gasteiger partial charge in [-0.1, -0.05) is 48.5 Å². The topological polar surface area (TPSA) is 29.5 Å². The van der Waals surface area contributed by atoms with Crippen LogP contribution in [0, 0.1) is 0 Å². The highest BCUT2D eigenvalue weighted by Gasteiger charge is 2.13. The Balaban J connectivity index is 1.73. The third-order valence-electron chi connectivity index (χ3n) is 2.78. The van der Waals surface area contributed by atoms with E-state index in [1.807, 2.05) is 18.2 Å². The van der Waals surface area contributed by atoms with Crippen molar-refractivity contribution in [2.45, 2.75) is 12.8 Å². The van der Waals surface area contributed by atoms with Gasteiger partial charge in [-0.3, -0.25) is 9.63 Å². The van der Waals surface area contributed by atoms with Crippen molar-refractivity contribution < 1.29 is 11.0 Å². The predicted molar refractivity (Wildman–Crippen MR) is 79.2 cm³/mol. The molecule has 20 heavy (non-hydrogen) atoms. The Bertz CT molecular complexity index is 575. The van der Waals surface area contributed by atoms with Crippen molar-refractivity contribution in [1.82, 2.24) is 4.58 Å². The first-order valence-electron chi connectivity index (χ1n) is 6.90. The van der Waals surface area contributed by atoms with Gasteiger partial charge in [-0.25, -0.2) is 0 Å². The standard InChI is InChI=1S/C16H16ClNO2/c17-18(16(19)15-11-5-2-6-12-15)20-13-7-10-14-8-3-1-4-9-14/h1-6,8-9,11-12H,7,10,13H2/i1D. The number of benzene rings is 2. The zero-order valence-electron chi connectivity index (χ0n) is 12.0. The van der Waals surface area contributed by atoms with Crippen LogP contribution in [-0.2, 0) is 11.3 Å². The Kier molecular flexibility index (Phi) is 5.05. The summed E-state index contributed by atoms with van der Waals surface area (Å²) >= 11 is 5.81. The normalized spacial score (nSPS) is 10.9. The molecule has 0 radical (unpaired) electrons. The van der Waals surface area contributed by atoms with Crippen LogP contribution in [0.5, 0.6) is 0 Å². The molecule has 2 aromatic carbocycles. The molecule has 0 aromatic heterocycles. The molecule has 0 heterocycles. The molecule has 4 heteroatoms. The van der Waals surface area contributed by atoms with Gasteiger partial charge < -0.3 is 0 Å². The van der Waals surface area contributed by atoms with Gasteiger partial charge in [0.1, 0.15) is 0 Å². The van der Waals surface area contributed by atoms with E-state index >= 15 is 0 Å². The summed E-state index contributed by atoms with van der Waals surface area (Å²) in [6.07, 6.45) is 1.55. The van der Waals surface area contributed by atoms with Gasteiger partial charge >= 0.3 is 0 Å². The molecule has 0 saturated heterocycles. The van der Waals surface area contributed by atoms with Crippen LogP contribution in [0.25, 0.3) is 0 Å². The molecule has 0 aliphatic heterocycles. The summed E-state index contributed by atoms with van der Waals surface area (Å²) in [6.45, 7) is 0.352. The summed E-state index contributed by atoms with van der Waals surface area (Å²) in [5.41, 5.74) is 1.61. The van der Waals surface area contributed by atoms with E-state index in [-0.39, 0.29) is 5.91 Å². The molecule has 0 fully saturated rings. The zero-order valence-corrected chi connectivity index (χ0v) is 11.7. The van der Waals surface area contributed by atoms with Gasteiger partial charge in [0.05, 0.1) is 7.98 Å². The van der Waals surface area contributed by atoms with Crippen molar-refractivity contribution in [1.29, 1.82) is 0 Å². The summed E-state index contributed by atoms with van der Waals surface area (Å²) in [4.78, 5) is 17.1. The molecule has 0 spiro atoms. The largest absolute Gasteiger partial charge is 0.292 e. The molecule has 0 bridgehead atoms. The molecular formula is C16H16ClNO2. The SMILES string of the molecule is [2H]c1ccc(CCCON(Cl)C(=O)c2ccccc2)cc1. The minimum absolute atomic E-state index is 0.352. The minimum Gasteiger partial charge on any atom is -0.265 e. The van der Waals surface area contributed by atoms with Crippen molar-refractivity contribution in [2.75, 3.05) is 6.61 Å². The Labute approximate surface area is 125 Å². The number of amides is 1. The van der Waals surface area contributed by atoms with E-state index < -0.39 is 0 Å². The Morgan fingerprint density at radius 1 is 1.15 bits per heavy atom. The number of nitrogens with zero attached hydrogens (tertiary/aromatic N) is 1. The van der Waals surface area contributed by atoms with Crippen molar-refractivity contribution in [3.8, 4) is 0 Å². The molecule has 0 aliphatic rings. The quantitative estimate of drug-likeness (QED) is 0.459. The maximum Gasteiger partial charge on any atom is 0.292 e. The molecule has 104 valence electrons. The van der Waals surface area contributed by atoms with Crippen LogP contribution in [0.4, 0.5) is 0 Å². The van der Waals surface area contributed by atoms with Crippen molar-refractivity contribution in [2.24, 2.45) is 0 Å². The van der Waals surface area contributed by atoms with Gasteiger partial charge in [-0.05, 0) is 30.5 Å². The first kappa shape index (κ1) is 13.2. The van der Waals surface area contributed by atoms with Gasteiger partial charge in [0.2, 0.25) is 0 Å². The van der Waals surface area contributed by atoms with E-state index in [9.17, 15) is 4.79 Å². The first-order valence-corrected chi connectivity index (χ1v) is 6.74. The number of halogens is 1. The third-order valence-corrected chi connectivity index (χ3v) is 3.03. The highest BCUT2D eigenvalue weighted by Crippen LogP contribution is 2.09. The third kappa shape index (κ3) is 4.37. The van der Waals surface area contributed by atoms with Crippen molar-refractivity contribution in [3.63, 3.8) is 0 Å². The van der Waals surface area contributed by atoms with Crippen LogP contribution in [-0.4, -0.2) is 17.1 Å². The lowest BCUT2D eigenvalue weighted by Gasteiger charge is -2.13. The Morgan fingerprint density at radius 3 is 2.55 bits per heavy atom. The number of aryl methyl sites for hydroxylation is 1. The molecule has 0 N–H and O–H groups in total. The minimum atomic E-state index is -0.379. The van der Waals surface area contributed by atoms with Crippen LogP contribution < -0.4 is 0 Å². The average molecular weight is 291 g/mol. The maximum absolute atomic E-state index is 11.9. The highest BCUT2D eigenvalue weighted by molar-refractivity contribution is 6.23. The highest BCUT2D eigenvalue weighted by atomic mass is 35.5. The van der Waals surface area contributed by atoms with Gasteiger partial charge in [0, 0.05) is 17.3 Å². The summed E-state index contributed by atoms with van der Waals surface area (Å²) in [7, 11) is 0. The molecular weight excluding hydrogens is 274 g/mol. The molecule has 2 aromatic rings. The van der Waals surface area contributed by atoms with E-state index in [0.29, 0.717) is 18.2 Å². The molecule has 2 rings (SSSR count). The van der Waals surface area contributed by atoms with E-state index in [1.165, 1.54) is 0 Å². The fraction of sp³-hybridized carbons (Fsp3) is 0.188. The summed E-state index contributed by atoms with van der Waals surface area (Å²) in [5.74, 6) is -0.379. The summed E-state index contributed by atoms with van der Waals surface area (Å²) < 4.78 is 8.16. The molecule has 3 nitrogen and oxygen atoms in total. The Morgan fingerprint density at radius 2 is 1.85 bits per heavy atom. The fourth-order valence-electron chi connectivity index (χ4n) is 1.75. The summed E-state index contributed by atoms with van der Waals surface area (Å²) in [5, 5.41) is 0. The second-order valence-electron chi connectivity index (χ2n) is 4.26. The van der Waals surface area contributed by atoms with Gasteiger partial charge in [-0.15, -0.1) is 4.58 Å². The number of carbonyl (C=O) groups is 1. The smallest absolute Gasteiger partial charge is 0.265 e. The second kappa shape index (κ2) is 7.68. The maximum atomic E-state index is 11.9. The first-order chi connectivity index (χ1) is 10.2. The van der Waals surface area contributed by atoms with Crippen LogP contribution in [0.15, 0.2) is 60.6 Å². The predicted octanol–water partition coefficient (Wildman–Crippen LogP) is 3.85. The lowest BCUT2D eigenvalue weighted by atomic mass is 10.1. The number of hydrogen-bond acceptors (Lipinski definition) is 2. The van der Waals surface area contributed by atoms with Crippen LogP contribution in [0.1, 0.15) is 23.7 Å². The molecule has 0 atom stereocenters. The van der Waals surface area contributed by atoms with Crippen LogP contribution in [0.2, 0.25) is 0 Å². The zero-order chi connectivity index (χ0) is 15.1. The molecule has 0 unspecified atom stereocenters. The lowest BCUT2D eigenvalue weighted by molar-refractivity contribution is -0.0594. The van der Waals surface area contributed by atoms with Gasteiger partial charge in [0.15, 0.2) is 0 Å². The van der Waals surface area contributed by atoms with Gasteiger partial charge in [0.25, 0.3) is 5.91 Å². The van der Waals surface area contributed by atoms with Crippen LogP contribution >= 0.6 is 11.8 Å². The van der Waals surface area contributed by atoms with Crippen molar-refractivity contribution >= 4 is 17.7 Å². The fourth-order valence-corrected chi connectivity index (χ4v) is 1.92. The van der Waals surface area contributed by atoms with Gasteiger partial charge in [-0.2, -0.15) is 0 Å². The average Bonchev–Trinajstić information content (AvgIpc) is 2.53. The van der Waals surface area contributed by atoms with E-state index in [1.54, 1.807) is 36.4 Å². The number of hydroxylamine groups is 1.